The van der Waals surface area contributed by atoms with Crippen molar-refractivity contribution in [3.8, 4) is 0 Å². The second-order valence-electron chi connectivity index (χ2n) is 6.48. The van der Waals surface area contributed by atoms with Crippen molar-refractivity contribution < 1.29 is 14.3 Å². The van der Waals surface area contributed by atoms with Crippen molar-refractivity contribution in [3.63, 3.8) is 0 Å². The number of rotatable bonds is 7. The van der Waals surface area contributed by atoms with Crippen LogP contribution in [0.15, 0.2) is 54.6 Å². The summed E-state index contributed by atoms with van der Waals surface area (Å²) in [5.41, 5.74) is 2.02. The van der Waals surface area contributed by atoms with Crippen LogP contribution in [0.3, 0.4) is 0 Å². The molecule has 5 heteroatoms. The third kappa shape index (κ3) is 4.64. The van der Waals surface area contributed by atoms with Crippen LogP contribution in [-0.2, 0) is 14.3 Å². The number of carbonyl (C=O) groups excluding carboxylic acids is 2. The lowest BCUT2D eigenvalue weighted by molar-refractivity contribution is -0.143. The molecule has 2 aromatic rings. The molecule has 136 valence electrons. The van der Waals surface area contributed by atoms with Crippen LogP contribution in [-0.4, -0.2) is 18.5 Å². The van der Waals surface area contributed by atoms with Crippen LogP contribution in [0, 0.1) is 5.92 Å². The summed E-state index contributed by atoms with van der Waals surface area (Å²) in [6.45, 7) is 2.10. The molecule has 0 radical (unpaired) electrons. The molecular weight excluding hydrogens is 350 g/mol. The minimum absolute atomic E-state index is 0.0249. The molecule has 1 aliphatic rings. The zero-order chi connectivity index (χ0) is 18.5. The summed E-state index contributed by atoms with van der Waals surface area (Å²) in [4.78, 5) is 24.6. The molecule has 2 aromatic carbocycles. The van der Waals surface area contributed by atoms with Gasteiger partial charge in [0.25, 0.3) is 0 Å². The zero-order valence-electron chi connectivity index (χ0n) is 14.7. The Kier molecular flexibility index (Phi) is 5.94. The molecule has 1 amide bonds. The molecule has 0 heterocycles. The maximum absolute atomic E-state index is 12.7. The predicted molar refractivity (Wildman–Crippen MR) is 101 cm³/mol. The molecule has 1 saturated carbocycles. The van der Waals surface area contributed by atoms with Crippen LogP contribution < -0.4 is 5.32 Å². The molecule has 1 fully saturated rings. The molecular formula is C21H22ClNO3. The monoisotopic (exact) mass is 371 g/mol. The summed E-state index contributed by atoms with van der Waals surface area (Å²) in [7, 11) is 0. The van der Waals surface area contributed by atoms with Gasteiger partial charge < -0.3 is 10.1 Å². The van der Waals surface area contributed by atoms with E-state index < -0.39 is 0 Å². The normalized spacial score (nSPS) is 19.5. The fraction of sp³-hybridized carbons (Fsp3) is 0.333. The Morgan fingerprint density at radius 3 is 2.50 bits per heavy atom. The summed E-state index contributed by atoms with van der Waals surface area (Å²) >= 11 is 5.92. The molecule has 26 heavy (non-hydrogen) atoms. The number of carbonyl (C=O) groups is 2. The van der Waals surface area contributed by atoms with Crippen molar-refractivity contribution in [1.82, 2.24) is 5.32 Å². The molecule has 4 nitrogen and oxygen atoms in total. The average molecular weight is 372 g/mol. The Bertz CT molecular complexity index is 761. The SMILES string of the molecule is CCOC(=O)CC(NC(=O)C1CC1c1ccc(Cl)cc1)c1ccccc1. The van der Waals surface area contributed by atoms with E-state index >= 15 is 0 Å². The van der Waals surface area contributed by atoms with Crippen molar-refractivity contribution in [2.45, 2.75) is 31.7 Å². The number of hydrogen-bond acceptors (Lipinski definition) is 3. The van der Waals surface area contributed by atoms with Gasteiger partial charge in [-0.1, -0.05) is 54.1 Å². The highest BCUT2D eigenvalue weighted by Crippen LogP contribution is 2.48. The molecule has 0 aromatic heterocycles. The maximum Gasteiger partial charge on any atom is 0.308 e. The molecule has 0 spiro atoms. The molecule has 0 bridgehead atoms. The standard InChI is InChI=1S/C21H22ClNO3/c1-2-26-20(24)13-19(15-6-4-3-5-7-15)23-21(25)18-12-17(18)14-8-10-16(22)11-9-14/h3-11,17-19H,2,12-13H2,1H3,(H,23,25). The van der Waals surface area contributed by atoms with E-state index in [1.165, 1.54) is 0 Å². The Morgan fingerprint density at radius 2 is 1.85 bits per heavy atom. The first-order chi connectivity index (χ1) is 12.6. The summed E-state index contributed by atoms with van der Waals surface area (Å²) < 4.78 is 5.05. The van der Waals surface area contributed by atoms with Crippen molar-refractivity contribution in [2.24, 2.45) is 5.92 Å². The van der Waals surface area contributed by atoms with Crippen LogP contribution in [0.2, 0.25) is 5.02 Å². The topological polar surface area (TPSA) is 55.4 Å². The van der Waals surface area contributed by atoms with Crippen LogP contribution >= 0.6 is 11.6 Å². The van der Waals surface area contributed by atoms with E-state index in [0.29, 0.717) is 11.6 Å². The lowest BCUT2D eigenvalue weighted by atomic mass is 10.0. The van der Waals surface area contributed by atoms with Crippen molar-refractivity contribution in [2.75, 3.05) is 6.61 Å². The lowest BCUT2D eigenvalue weighted by Gasteiger charge is -2.18. The van der Waals surface area contributed by atoms with Crippen LogP contribution in [0.25, 0.3) is 0 Å². The van der Waals surface area contributed by atoms with Gasteiger partial charge in [0, 0.05) is 10.9 Å². The molecule has 1 N–H and O–H groups in total. The van der Waals surface area contributed by atoms with Crippen LogP contribution in [0.5, 0.6) is 0 Å². The maximum atomic E-state index is 12.7. The summed E-state index contributed by atoms with van der Waals surface area (Å²) in [6, 6.07) is 16.8. The third-order valence-electron chi connectivity index (χ3n) is 4.62. The third-order valence-corrected chi connectivity index (χ3v) is 4.87. The fourth-order valence-electron chi connectivity index (χ4n) is 3.17. The lowest BCUT2D eigenvalue weighted by Crippen LogP contribution is -2.32. The van der Waals surface area contributed by atoms with Gasteiger partial charge in [0.2, 0.25) is 5.91 Å². The highest BCUT2D eigenvalue weighted by molar-refractivity contribution is 6.30. The summed E-state index contributed by atoms with van der Waals surface area (Å²) in [5.74, 6) is -0.189. The van der Waals surface area contributed by atoms with E-state index in [1.54, 1.807) is 6.92 Å². The number of esters is 1. The summed E-state index contributed by atoms with van der Waals surface area (Å²) in [6.07, 6.45) is 0.941. The van der Waals surface area contributed by atoms with Crippen molar-refractivity contribution >= 4 is 23.5 Å². The largest absolute Gasteiger partial charge is 0.466 e. The minimum Gasteiger partial charge on any atom is -0.466 e. The first-order valence-corrected chi connectivity index (χ1v) is 9.22. The molecule has 1 aliphatic carbocycles. The van der Waals surface area contributed by atoms with Crippen molar-refractivity contribution in [1.29, 1.82) is 0 Å². The Hall–Kier alpha value is -2.33. The van der Waals surface area contributed by atoms with E-state index in [4.69, 9.17) is 16.3 Å². The second-order valence-corrected chi connectivity index (χ2v) is 6.92. The van der Waals surface area contributed by atoms with Gasteiger partial charge in [-0.15, -0.1) is 0 Å². The number of ether oxygens (including phenoxy) is 1. The minimum atomic E-state index is -0.380. The van der Waals surface area contributed by atoms with Crippen LogP contribution in [0.4, 0.5) is 0 Å². The van der Waals surface area contributed by atoms with Gasteiger partial charge >= 0.3 is 5.97 Å². The van der Waals surface area contributed by atoms with Gasteiger partial charge in [-0.05, 0) is 42.5 Å². The van der Waals surface area contributed by atoms with Gasteiger partial charge in [-0.2, -0.15) is 0 Å². The number of benzene rings is 2. The highest BCUT2D eigenvalue weighted by Gasteiger charge is 2.44. The van der Waals surface area contributed by atoms with E-state index in [1.807, 2.05) is 54.6 Å². The fourth-order valence-corrected chi connectivity index (χ4v) is 3.29. The molecule has 3 unspecified atom stereocenters. The van der Waals surface area contributed by atoms with Crippen molar-refractivity contribution in [3.05, 3.63) is 70.7 Å². The Labute approximate surface area is 158 Å². The van der Waals surface area contributed by atoms with E-state index in [9.17, 15) is 9.59 Å². The Balaban J connectivity index is 1.66. The predicted octanol–water partition coefficient (Wildman–Crippen LogP) is 4.25. The quantitative estimate of drug-likeness (QED) is 0.740. The zero-order valence-corrected chi connectivity index (χ0v) is 15.4. The Morgan fingerprint density at radius 1 is 1.15 bits per heavy atom. The number of amides is 1. The second kappa shape index (κ2) is 8.37. The van der Waals surface area contributed by atoms with E-state index in [2.05, 4.69) is 5.32 Å². The van der Waals surface area contributed by atoms with Gasteiger partial charge in [0.15, 0.2) is 0 Å². The summed E-state index contributed by atoms with van der Waals surface area (Å²) in [5, 5.41) is 3.72. The van der Waals surface area contributed by atoms with Gasteiger partial charge in [-0.25, -0.2) is 0 Å². The average Bonchev–Trinajstić information content (AvgIpc) is 3.43. The number of nitrogens with one attached hydrogen (secondary N) is 1. The molecule has 3 atom stereocenters. The molecule has 3 rings (SSSR count). The smallest absolute Gasteiger partial charge is 0.308 e. The van der Waals surface area contributed by atoms with Gasteiger partial charge in [-0.3, -0.25) is 9.59 Å². The van der Waals surface area contributed by atoms with E-state index in [-0.39, 0.29) is 36.2 Å². The first kappa shape index (κ1) is 18.5. The highest BCUT2D eigenvalue weighted by atomic mass is 35.5. The van der Waals surface area contributed by atoms with E-state index in [0.717, 1.165) is 17.5 Å². The van der Waals surface area contributed by atoms with Gasteiger partial charge in [0.1, 0.15) is 0 Å². The first-order valence-electron chi connectivity index (χ1n) is 8.85. The molecule has 0 aliphatic heterocycles. The van der Waals surface area contributed by atoms with Crippen LogP contribution in [0.1, 0.15) is 42.9 Å². The number of halogens is 1. The molecule has 0 saturated heterocycles. The number of hydrogen-bond donors (Lipinski definition) is 1. The van der Waals surface area contributed by atoms with Gasteiger partial charge in [0.05, 0.1) is 19.1 Å².